The van der Waals surface area contributed by atoms with Gasteiger partial charge in [-0.25, -0.2) is 18.4 Å². The first kappa shape index (κ1) is 19.5. The maximum absolute atomic E-state index is 12.9. The van der Waals surface area contributed by atoms with Crippen molar-refractivity contribution in [1.29, 1.82) is 0 Å². The van der Waals surface area contributed by atoms with Crippen LogP contribution in [0.5, 0.6) is 0 Å². The summed E-state index contributed by atoms with van der Waals surface area (Å²) in [6.07, 6.45) is 3.53. The molecule has 1 aliphatic rings. The number of para-hydroxylation sites is 2. The number of rotatable bonds is 3. The molecule has 0 radical (unpaired) electrons. The Morgan fingerprint density at radius 1 is 1.03 bits per heavy atom. The van der Waals surface area contributed by atoms with Crippen molar-refractivity contribution in [3.63, 3.8) is 0 Å². The highest BCUT2D eigenvalue weighted by Crippen LogP contribution is 2.18. The minimum atomic E-state index is -3.69. The van der Waals surface area contributed by atoms with Crippen LogP contribution in [-0.4, -0.2) is 69.2 Å². The van der Waals surface area contributed by atoms with Gasteiger partial charge < -0.3 is 9.47 Å². The molecule has 4 rings (SSSR count). The van der Waals surface area contributed by atoms with E-state index < -0.39 is 10.0 Å². The maximum Gasteiger partial charge on any atom is 0.274 e. The Bertz CT molecular complexity index is 1150. The van der Waals surface area contributed by atoms with Gasteiger partial charge in [-0.2, -0.15) is 4.31 Å². The molecular formula is C19H22N6O3S. The molecule has 3 heterocycles. The SMILES string of the molecule is Cc1nc(S(=O)(=O)N2CCCN(C(=O)c3cnc4ccccc4n3)CC2)cn1C. The largest absolute Gasteiger partial charge is 0.337 e. The molecule has 29 heavy (non-hydrogen) atoms. The monoisotopic (exact) mass is 414 g/mol. The van der Waals surface area contributed by atoms with Gasteiger partial charge in [-0.1, -0.05) is 12.1 Å². The van der Waals surface area contributed by atoms with Crippen LogP contribution < -0.4 is 0 Å². The fraction of sp³-hybridized carbons (Fsp3) is 0.368. The average molecular weight is 414 g/mol. The third kappa shape index (κ3) is 3.73. The van der Waals surface area contributed by atoms with Gasteiger partial charge in [-0.15, -0.1) is 0 Å². The fourth-order valence-corrected chi connectivity index (χ4v) is 4.84. The van der Waals surface area contributed by atoms with Crippen LogP contribution in [-0.2, 0) is 17.1 Å². The Balaban J connectivity index is 1.51. The van der Waals surface area contributed by atoms with E-state index in [4.69, 9.17) is 0 Å². The number of benzene rings is 1. The first-order valence-electron chi connectivity index (χ1n) is 9.37. The molecule has 1 amide bonds. The first-order chi connectivity index (χ1) is 13.9. The Kier molecular flexibility index (Phi) is 5.05. The summed E-state index contributed by atoms with van der Waals surface area (Å²) in [5.41, 5.74) is 1.64. The molecule has 1 aromatic carbocycles. The van der Waals surface area contributed by atoms with Gasteiger partial charge in [0.15, 0.2) is 5.03 Å². The van der Waals surface area contributed by atoms with Crippen LogP contribution in [0.15, 0.2) is 41.7 Å². The van der Waals surface area contributed by atoms with E-state index in [1.54, 1.807) is 23.4 Å². The molecule has 1 aliphatic heterocycles. The lowest BCUT2D eigenvalue weighted by Gasteiger charge is -2.21. The maximum atomic E-state index is 12.9. The van der Waals surface area contributed by atoms with Crippen molar-refractivity contribution in [2.24, 2.45) is 7.05 Å². The zero-order valence-corrected chi connectivity index (χ0v) is 17.1. The van der Waals surface area contributed by atoms with Gasteiger partial charge in [0.1, 0.15) is 11.5 Å². The van der Waals surface area contributed by atoms with Gasteiger partial charge in [0.25, 0.3) is 15.9 Å². The van der Waals surface area contributed by atoms with Crippen LogP contribution in [0.3, 0.4) is 0 Å². The molecule has 0 saturated carbocycles. The number of aryl methyl sites for hydroxylation is 2. The number of sulfonamides is 1. The lowest BCUT2D eigenvalue weighted by molar-refractivity contribution is 0.0758. The number of carbonyl (C=O) groups is 1. The van der Waals surface area contributed by atoms with E-state index in [1.165, 1.54) is 16.7 Å². The quantitative estimate of drug-likeness (QED) is 0.638. The van der Waals surface area contributed by atoms with Crippen molar-refractivity contribution in [2.75, 3.05) is 26.2 Å². The molecule has 1 fully saturated rings. The minimum Gasteiger partial charge on any atom is -0.337 e. The van der Waals surface area contributed by atoms with Gasteiger partial charge in [0.05, 0.1) is 17.2 Å². The number of hydrogen-bond donors (Lipinski definition) is 0. The number of amides is 1. The molecule has 1 saturated heterocycles. The summed E-state index contributed by atoms with van der Waals surface area (Å²) >= 11 is 0. The van der Waals surface area contributed by atoms with Crippen molar-refractivity contribution in [3.8, 4) is 0 Å². The second-order valence-corrected chi connectivity index (χ2v) is 8.92. The van der Waals surface area contributed by atoms with Crippen LogP contribution in [0, 0.1) is 6.92 Å². The van der Waals surface area contributed by atoms with Crippen molar-refractivity contribution >= 4 is 27.0 Å². The third-order valence-electron chi connectivity index (χ3n) is 5.10. The Labute approximate surface area is 169 Å². The van der Waals surface area contributed by atoms with E-state index in [9.17, 15) is 13.2 Å². The van der Waals surface area contributed by atoms with Gasteiger partial charge >= 0.3 is 0 Å². The topological polar surface area (TPSA) is 101 Å². The molecule has 0 spiro atoms. The molecule has 2 aromatic heterocycles. The summed E-state index contributed by atoms with van der Waals surface area (Å²) in [6, 6.07) is 7.36. The van der Waals surface area contributed by atoms with Crippen LogP contribution >= 0.6 is 0 Å². The molecule has 152 valence electrons. The molecule has 0 N–H and O–H groups in total. The summed E-state index contributed by atoms with van der Waals surface area (Å²) in [5.74, 6) is 0.390. The van der Waals surface area contributed by atoms with E-state index in [1.807, 2.05) is 24.3 Å². The molecule has 0 bridgehead atoms. The van der Waals surface area contributed by atoms with E-state index in [0.717, 1.165) is 5.52 Å². The highest BCUT2D eigenvalue weighted by molar-refractivity contribution is 7.89. The van der Waals surface area contributed by atoms with Crippen molar-refractivity contribution in [3.05, 3.63) is 48.2 Å². The zero-order valence-electron chi connectivity index (χ0n) is 16.3. The van der Waals surface area contributed by atoms with Crippen molar-refractivity contribution in [2.45, 2.75) is 18.4 Å². The normalized spacial score (nSPS) is 16.1. The molecule has 9 nitrogen and oxygen atoms in total. The van der Waals surface area contributed by atoms with Gasteiger partial charge in [-0.3, -0.25) is 9.78 Å². The number of imidazole rings is 1. The van der Waals surface area contributed by atoms with Crippen LogP contribution in [0.1, 0.15) is 22.7 Å². The molecule has 0 unspecified atom stereocenters. The summed E-state index contributed by atoms with van der Waals surface area (Å²) in [5, 5.41) is 0.0395. The molecule has 0 atom stereocenters. The standard InChI is InChI=1S/C19H22N6O3S/c1-14-21-18(13-23(14)2)29(27,28)25-9-5-8-24(10-11-25)19(26)17-12-20-15-6-3-4-7-16(15)22-17/h3-4,6-7,12-13H,5,8-11H2,1-2H3. The number of nitrogens with zero attached hydrogens (tertiary/aromatic N) is 6. The Hall–Kier alpha value is -2.85. The highest BCUT2D eigenvalue weighted by Gasteiger charge is 2.30. The number of carbonyl (C=O) groups excluding carboxylic acids is 1. The average Bonchev–Trinajstić information content (AvgIpc) is 2.93. The second kappa shape index (κ2) is 7.53. The van der Waals surface area contributed by atoms with Crippen LogP contribution in [0.2, 0.25) is 0 Å². The highest BCUT2D eigenvalue weighted by atomic mass is 32.2. The number of fused-ring (bicyclic) bond motifs is 1. The van der Waals surface area contributed by atoms with Crippen molar-refractivity contribution < 1.29 is 13.2 Å². The van der Waals surface area contributed by atoms with Gasteiger partial charge in [0.2, 0.25) is 0 Å². The zero-order chi connectivity index (χ0) is 20.6. The first-order valence-corrected chi connectivity index (χ1v) is 10.8. The van der Waals surface area contributed by atoms with E-state index in [0.29, 0.717) is 37.4 Å². The molecule has 3 aromatic rings. The summed E-state index contributed by atoms with van der Waals surface area (Å²) in [7, 11) is -1.94. The molecule has 10 heteroatoms. The van der Waals surface area contributed by atoms with Gasteiger partial charge in [-0.05, 0) is 25.5 Å². The predicted octanol–water partition coefficient (Wildman–Crippen LogP) is 1.21. The van der Waals surface area contributed by atoms with E-state index in [-0.39, 0.29) is 23.2 Å². The fourth-order valence-electron chi connectivity index (χ4n) is 3.34. The lowest BCUT2D eigenvalue weighted by Crippen LogP contribution is -2.37. The van der Waals surface area contributed by atoms with E-state index >= 15 is 0 Å². The Morgan fingerprint density at radius 3 is 2.52 bits per heavy atom. The summed E-state index contributed by atoms with van der Waals surface area (Å²) < 4.78 is 28.9. The van der Waals surface area contributed by atoms with E-state index in [2.05, 4.69) is 15.0 Å². The Morgan fingerprint density at radius 2 is 1.79 bits per heavy atom. The van der Waals surface area contributed by atoms with Crippen molar-refractivity contribution in [1.82, 2.24) is 28.7 Å². The van der Waals surface area contributed by atoms with Crippen LogP contribution in [0.25, 0.3) is 11.0 Å². The second-order valence-electron chi connectivity index (χ2n) is 7.03. The minimum absolute atomic E-state index is 0.0395. The summed E-state index contributed by atoms with van der Waals surface area (Å²) in [6.45, 7) is 3.06. The van der Waals surface area contributed by atoms with Crippen LogP contribution in [0.4, 0.5) is 0 Å². The smallest absolute Gasteiger partial charge is 0.274 e. The van der Waals surface area contributed by atoms with Gasteiger partial charge in [0, 0.05) is 39.4 Å². The molecular weight excluding hydrogens is 392 g/mol. The third-order valence-corrected chi connectivity index (χ3v) is 6.87. The number of aromatic nitrogens is 4. The predicted molar refractivity (Wildman–Crippen MR) is 107 cm³/mol. The number of hydrogen-bond acceptors (Lipinski definition) is 6. The summed E-state index contributed by atoms with van der Waals surface area (Å²) in [4.78, 5) is 27.4. The molecule has 0 aliphatic carbocycles. The lowest BCUT2D eigenvalue weighted by atomic mass is 10.2.